The Morgan fingerprint density at radius 3 is 2.89 bits per heavy atom. The lowest BCUT2D eigenvalue weighted by atomic mass is 10.2. The van der Waals surface area contributed by atoms with Gasteiger partial charge in [0.25, 0.3) is 0 Å². The van der Waals surface area contributed by atoms with Gasteiger partial charge in [0.2, 0.25) is 0 Å². The topological polar surface area (TPSA) is 55.9 Å². The van der Waals surface area contributed by atoms with Crippen LogP contribution in [0.25, 0.3) is 0 Å². The standard InChI is InChI=1S/C12H13ClN4S/c1-17-5-4-15-11(17)7-16-10-3-2-8(12(14)18)6-9(10)13/h2-6,16H,7H2,1H3,(H2,14,18). The molecule has 0 unspecified atom stereocenters. The van der Waals surface area contributed by atoms with Crippen molar-refractivity contribution in [3.63, 3.8) is 0 Å². The zero-order valence-electron chi connectivity index (χ0n) is 9.85. The van der Waals surface area contributed by atoms with E-state index in [-0.39, 0.29) is 0 Å². The van der Waals surface area contributed by atoms with Crippen LogP contribution < -0.4 is 11.1 Å². The van der Waals surface area contributed by atoms with Gasteiger partial charge in [-0.05, 0) is 18.2 Å². The Kier molecular flexibility index (Phi) is 3.84. The molecule has 18 heavy (non-hydrogen) atoms. The van der Waals surface area contributed by atoms with Gasteiger partial charge in [0.15, 0.2) is 0 Å². The molecule has 0 saturated heterocycles. The molecule has 0 fully saturated rings. The second kappa shape index (κ2) is 5.37. The lowest BCUT2D eigenvalue weighted by Crippen LogP contribution is -2.10. The Morgan fingerprint density at radius 2 is 2.33 bits per heavy atom. The summed E-state index contributed by atoms with van der Waals surface area (Å²) in [6.45, 7) is 0.607. The van der Waals surface area contributed by atoms with E-state index < -0.39 is 0 Å². The van der Waals surface area contributed by atoms with Crippen LogP contribution in [0.15, 0.2) is 30.6 Å². The maximum atomic E-state index is 6.15. The van der Waals surface area contributed by atoms with Gasteiger partial charge < -0.3 is 15.6 Å². The van der Waals surface area contributed by atoms with E-state index in [2.05, 4.69) is 10.3 Å². The van der Waals surface area contributed by atoms with Crippen molar-refractivity contribution < 1.29 is 0 Å². The van der Waals surface area contributed by atoms with Gasteiger partial charge in [0.1, 0.15) is 10.8 Å². The van der Waals surface area contributed by atoms with Gasteiger partial charge in [0, 0.05) is 25.0 Å². The highest BCUT2D eigenvalue weighted by Crippen LogP contribution is 2.23. The SMILES string of the molecule is Cn1ccnc1CNc1ccc(C(N)=S)cc1Cl. The van der Waals surface area contributed by atoms with Crippen molar-refractivity contribution >= 4 is 34.5 Å². The first-order chi connectivity index (χ1) is 8.58. The minimum atomic E-state index is 0.340. The van der Waals surface area contributed by atoms with Gasteiger partial charge in [-0.3, -0.25) is 0 Å². The number of benzene rings is 1. The first-order valence-corrected chi connectivity index (χ1v) is 6.16. The van der Waals surface area contributed by atoms with Crippen LogP contribution in [0.5, 0.6) is 0 Å². The zero-order valence-corrected chi connectivity index (χ0v) is 11.4. The van der Waals surface area contributed by atoms with E-state index in [1.54, 1.807) is 12.3 Å². The Hall–Kier alpha value is -1.59. The van der Waals surface area contributed by atoms with Crippen LogP contribution in [-0.4, -0.2) is 14.5 Å². The van der Waals surface area contributed by atoms with E-state index in [0.29, 0.717) is 16.6 Å². The van der Waals surface area contributed by atoms with Gasteiger partial charge in [-0.25, -0.2) is 4.98 Å². The van der Waals surface area contributed by atoms with Crippen LogP contribution in [0.1, 0.15) is 11.4 Å². The number of halogens is 1. The van der Waals surface area contributed by atoms with Gasteiger partial charge in [-0.15, -0.1) is 0 Å². The molecule has 4 nitrogen and oxygen atoms in total. The van der Waals surface area contributed by atoms with E-state index >= 15 is 0 Å². The van der Waals surface area contributed by atoms with Crippen molar-refractivity contribution in [2.45, 2.75) is 6.54 Å². The van der Waals surface area contributed by atoms with Crippen molar-refractivity contribution in [1.29, 1.82) is 0 Å². The molecule has 1 aromatic heterocycles. The normalized spacial score (nSPS) is 10.3. The van der Waals surface area contributed by atoms with Gasteiger partial charge in [-0.1, -0.05) is 23.8 Å². The first-order valence-electron chi connectivity index (χ1n) is 5.37. The highest BCUT2D eigenvalue weighted by Gasteiger charge is 2.05. The summed E-state index contributed by atoms with van der Waals surface area (Å²) in [6.07, 6.45) is 3.66. The number of nitrogens with zero attached hydrogens (tertiary/aromatic N) is 2. The number of hydrogen-bond donors (Lipinski definition) is 2. The van der Waals surface area contributed by atoms with Crippen molar-refractivity contribution in [3.8, 4) is 0 Å². The summed E-state index contributed by atoms with van der Waals surface area (Å²) < 4.78 is 1.95. The number of hydrogen-bond acceptors (Lipinski definition) is 3. The molecular formula is C12H13ClN4S. The number of thiocarbonyl (C=S) groups is 1. The van der Waals surface area contributed by atoms with E-state index in [1.165, 1.54) is 0 Å². The van der Waals surface area contributed by atoms with Crippen molar-refractivity contribution in [3.05, 3.63) is 47.0 Å². The Bertz CT molecular complexity index is 579. The highest BCUT2D eigenvalue weighted by molar-refractivity contribution is 7.80. The van der Waals surface area contributed by atoms with Crippen molar-refractivity contribution in [2.24, 2.45) is 12.8 Å². The molecule has 0 bridgehead atoms. The van der Waals surface area contributed by atoms with E-state index in [1.807, 2.05) is 29.9 Å². The van der Waals surface area contributed by atoms with Crippen LogP contribution >= 0.6 is 23.8 Å². The molecule has 0 spiro atoms. The largest absolute Gasteiger partial charge is 0.389 e. The Balaban J connectivity index is 2.11. The van der Waals surface area contributed by atoms with E-state index in [9.17, 15) is 0 Å². The Labute approximate surface area is 116 Å². The molecule has 1 aromatic carbocycles. The fourth-order valence-corrected chi connectivity index (χ4v) is 1.93. The van der Waals surface area contributed by atoms with Crippen molar-refractivity contribution in [1.82, 2.24) is 9.55 Å². The molecule has 2 rings (SSSR count). The minimum Gasteiger partial charge on any atom is -0.389 e. The van der Waals surface area contributed by atoms with Gasteiger partial charge in [0.05, 0.1) is 17.3 Å². The zero-order chi connectivity index (χ0) is 13.1. The van der Waals surface area contributed by atoms with Crippen LogP contribution in [0.4, 0.5) is 5.69 Å². The number of aromatic nitrogens is 2. The van der Waals surface area contributed by atoms with Crippen LogP contribution in [0.3, 0.4) is 0 Å². The summed E-state index contributed by atoms with van der Waals surface area (Å²) in [4.78, 5) is 4.56. The van der Waals surface area contributed by atoms with Crippen LogP contribution in [0.2, 0.25) is 5.02 Å². The first kappa shape index (κ1) is 12.9. The summed E-state index contributed by atoms with van der Waals surface area (Å²) in [5.74, 6) is 0.935. The third-order valence-corrected chi connectivity index (χ3v) is 3.16. The molecule has 0 aliphatic heterocycles. The molecule has 0 atom stereocenters. The number of rotatable bonds is 4. The summed E-state index contributed by atoms with van der Waals surface area (Å²) in [5.41, 5.74) is 7.14. The second-order valence-corrected chi connectivity index (χ2v) is 4.71. The molecule has 2 aromatic rings. The maximum Gasteiger partial charge on any atom is 0.127 e. The second-order valence-electron chi connectivity index (χ2n) is 3.87. The summed E-state index contributed by atoms with van der Waals surface area (Å²) in [7, 11) is 1.95. The predicted molar refractivity (Wildman–Crippen MR) is 77.9 cm³/mol. The van der Waals surface area contributed by atoms with E-state index in [4.69, 9.17) is 29.6 Å². The van der Waals surface area contributed by atoms with Gasteiger partial charge in [-0.2, -0.15) is 0 Å². The number of nitrogens with two attached hydrogens (primary N) is 1. The quantitative estimate of drug-likeness (QED) is 0.844. The summed E-state index contributed by atoms with van der Waals surface area (Å²) >= 11 is 11.0. The predicted octanol–water partition coefficient (Wildman–Crippen LogP) is 2.32. The molecule has 3 N–H and O–H groups in total. The molecule has 1 heterocycles. The number of nitrogens with one attached hydrogen (secondary N) is 1. The van der Waals surface area contributed by atoms with Crippen LogP contribution in [-0.2, 0) is 13.6 Å². The summed E-state index contributed by atoms with van der Waals surface area (Å²) in [5, 5.41) is 3.82. The molecule has 94 valence electrons. The van der Waals surface area contributed by atoms with Crippen molar-refractivity contribution in [2.75, 3.05) is 5.32 Å². The molecule has 6 heteroatoms. The Morgan fingerprint density at radius 1 is 1.56 bits per heavy atom. The molecule has 0 saturated carbocycles. The lowest BCUT2D eigenvalue weighted by Gasteiger charge is -2.09. The average molecular weight is 281 g/mol. The van der Waals surface area contributed by atoms with Gasteiger partial charge >= 0.3 is 0 Å². The molecule has 0 radical (unpaired) electrons. The fourth-order valence-electron chi connectivity index (χ4n) is 1.55. The van der Waals surface area contributed by atoms with Crippen LogP contribution in [0, 0.1) is 0 Å². The molecule has 0 aliphatic rings. The van der Waals surface area contributed by atoms with E-state index in [0.717, 1.165) is 17.1 Å². The third kappa shape index (κ3) is 2.80. The maximum absolute atomic E-state index is 6.15. The smallest absolute Gasteiger partial charge is 0.127 e. The average Bonchev–Trinajstić information content (AvgIpc) is 2.73. The fraction of sp³-hybridized carbons (Fsp3) is 0.167. The molecule has 0 amide bonds. The highest BCUT2D eigenvalue weighted by atomic mass is 35.5. The summed E-state index contributed by atoms with van der Waals surface area (Å²) in [6, 6.07) is 5.46. The number of imidazole rings is 1. The third-order valence-electron chi connectivity index (χ3n) is 2.61. The number of anilines is 1. The molecular weight excluding hydrogens is 268 g/mol. The lowest BCUT2D eigenvalue weighted by molar-refractivity contribution is 0.813. The number of aryl methyl sites for hydroxylation is 1. The monoisotopic (exact) mass is 280 g/mol. The molecule has 0 aliphatic carbocycles. The minimum absolute atomic E-state index is 0.340.